The molecular weight excluding hydrogens is 314 g/mol. The average molecular weight is 343 g/mol. The molecule has 136 valence electrons. The molecule has 0 N–H and O–H groups in total. The summed E-state index contributed by atoms with van der Waals surface area (Å²) in [7, 11) is 1.82. The molecule has 1 aromatic carbocycles. The van der Waals surface area contributed by atoms with Crippen molar-refractivity contribution in [2.75, 3.05) is 39.8 Å². The third-order valence-corrected chi connectivity index (χ3v) is 5.44. The van der Waals surface area contributed by atoms with Gasteiger partial charge in [0, 0.05) is 58.7 Å². The summed E-state index contributed by atoms with van der Waals surface area (Å²) in [6, 6.07) is 8.68. The molecule has 0 aliphatic carbocycles. The Kier molecular flexibility index (Phi) is 5.74. The second-order valence-corrected chi connectivity index (χ2v) is 7.45. The first-order valence-corrected chi connectivity index (χ1v) is 9.33. The maximum absolute atomic E-state index is 12.8. The molecule has 5 nitrogen and oxygen atoms in total. The van der Waals surface area contributed by atoms with Gasteiger partial charge in [-0.25, -0.2) is 0 Å². The van der Waals surface area contributed by atoms with Gasteiger partial charge in [0.05, 0.1) is 0 Å². The second kappa shape index (κ2) is 8.00. The molecule has 0 aromatic heterocycles. The lowest BCUT2D eigenvalue weighted by Crippen LogP contribution is -2.44. The van der Waals surface area contributed by atoms with Crippen LogP contribution in [0.5, 0.6) is 0 Å². The van der Waals surface area contributed by atoms with Crippen LogP contribution in [0.2, 0.25) is 0 Å². The SMILES string of the molecule is Cc1ccc(CN2CCCN(C(=O)[C@@H]3CCN(C)C(=O)C3)CC2)cc1. The topological polar surface area (TPSA) is 43.9 Å². The molecule has 2 amide bonds. The fourth-order valence-electron chi connectivity index (χ4n) is 3.71. The highest BCUT2D eigenvalue weighted by Crippen LogP contribution is 2.21. The highest BCUT2D eigenvalue weighted by atomic mass is 16.2. The summed E-state index contributed by atoms with van der Waals surface area (Å²) in [4.78, 5) is 30.8. The molecule has 0 bridgehead atoms. The van der Waals surface area contributed by atoms with E-state index in [2.05, 4.69) is 36.1 Å². The molecule has 5 heteroatoms. The first-order valence-electron chi connectivity index (χ1n) is 9.33. The zero-order valence-electron chi connectivity index (χ0n) is 15.4. The number of benzene rings is 1. The molecule has 2 aliphatic rings. The summed E-state index contributed by atoms with van der Waals surface area (Å²) < 4.78 is 0. The molecule has 1 aromatic rings. The summed E-state index contributed by atoms with van der Waals surface area (Å²) in [5.41, 5.74) is 2.61. The van der Waals surface area contributed by atoms with Crippen LogP contribution in [-0.2, 0) is 16.1 Å². The van der Waals surface area contributed by atoms with Crippen molar-refractivity contribution in [3.8, 4) is 0 Å². The number of piperidine rings is 1. The lowest BCUT2D eigenvalue weighted by atomic mass is 9.95. The van der Waals surface area contributed by atoms with E-state index in [0.717, 1.165) is 45.6 Å². The maximum atomic E-state index is 12.8. The number of hydrogen-bond donors (Lipinski definition) is 0. The van der Waals surface area contributed by atoms with Gasteiger partial charge in [0.15, 0.2) is 0 Å². The van der Waals surface area contributed by atoms with Crippen LogP contribution in [0.1, 0.15) is 30.4 Å². The number of nitrogens with zero attached hydrogens (tertiary/aromatic N) is 3. The fourth-order valence-corrected chi connectivity index (χ4v) is 3.71. The first-order chi connectivity index (χ1) is 12.0. The minimum absolute atomic E-state index is 0.0976. The summed E-state index contributed by atoms with van der Waals surface area (Å²) in [5, 5.41) is 0. The summed E-state index contributed by atoms with van der Waals surface area (Å²) in [6.07, 6.45) is 2.17. The van der Waals surface area contributed by atoms with Crippen LogP contribution in [0.3, 0.4) is 0 Å². The molecule has 1 atom stereocenters. The number of carbonyl (C=O) groups excluding carboxylic acids is 2. The van der Waals surface area contributed by atoms with Gasteiger partial charge in [0.2, 0.25) is 11.8 Å². The Morgan fingerprint density at radius 2 is 1.84 bits per heavy atom. The van der Waals surface area contributed by atoms with E-state index in [4.69, 9.17) is 0 Å². The average Bonchev–Trinajstić information content (AvgIpc) is 2.84. The molecule has 2 fully saturated rings. The molecule has 0 saturated carbocycles. The van der Waals surface area contributed by atoms with Crippen LogP contribution >= 0.6 is 0 Å². The molecule has 2 saturated heterocycles. The third kappa shape index (κ3) is 4.60. The van der Waals surface area contributed by atoms with Crippen molar-refractivity contribution in [3.63, 3.8) is 0 Å². The van der Waals surface area contributed by atoms with Crippen molar-refractivity contribution < 1.29 is 9.59 Å². The number of hydrogen-bond acceptors (Lipinski definition) is 3. The molecule has 3 rings (SSSR count). The number of aryl methyl sites for hydroxylation is 1. The molecule has 2 heterocycles. The Balaban J connectivity index is 1.53. The van der Waals surface area contributed by atoms with Gasteiger partial charge in [-0.3, -0.25) is 14.5 Å². The zero-order valence-corrected chi connectivity index (χ0v) is 15.4. The Morgan fingerprint density at radius 1 is 1.08 bits per heavy atom. The van der Waals surface area contributed by atoms with Gasteiger partial charge in [-0.2, -0.15) is 0 Å². The monoisotopic (exact) mass is 343 g/mol. The molecular formula is C20H29N3O2. The Hall–Kier alpha value is -1.88. The normalized spacial score (nSPS) is 22.8. The van der Waals surface area contributed by atoms with E-state index in [-0.39, 0.29) is 17.7 Å². The van der Waals surface area contributed by atoms with Crippen LogP contribution in [0.15, 0.2) is 24.3 Å². The largest absolute Gasteiger partial charge is 0.346 e. The van der Waals surface area contributed by atoms with Gasteiger partial charge < -0.3 is 9.80 Å². The Labute approximate surface area is 150 Å². The molecule has 25 heavy (non-hydrogen) atoms. The third-order valence-electron chi connectivity index (χ3n) is 5.44. The van der Waals surface area contributed by atoms with Gasteiger partial charge in [-0.05, 0) is 25.3 Å². The zero-order chi connectivity index (χ0) is 17.8. The summed E-state index contributed by atoms with van der Waals surface area (Å²) >= 11 is 0. The highest BCUT2D eigenvalue weighted by molar-refractivity contribution is 5.86. The molecule has 0 unspecified atom stereocenters. The lowest BCUT2D eigenvalue weighted by molar-refractivity contribution is -0.144. The fraction of sp³-hybridized carbons (Fsp3) is 0.600. The summed E-state index contributed by atoms with van der Waals surface area (Å²) in [5.74, 6) is 0.159. The summed E-state index contributed by atoms with van der Waals surface area (Å²) in [6.45, 7) is 7.24. The number of carbonyl (C=O) groups is 2. The van der Waals surface area contributed by atoms with Crippen LogP contribution < -0.4 is 0 Å². The lowest BCUT2D eigenvalue weighted by Gasteiger charge is -2.31. The predicted molar refractivity (Wildman–Crippen MR) is 98.0 cm³/mol. The van der Waals surface area contributed by atoms with E-state index in [9.17, 15) is 9.59 Å². The van der Waals surface area contributed by atoms with Crippen LogP contribution in [0.4, 0.5) is 0 Å². The van der Waals surface area contributed by atoms with Crippen LogP contribution in [0.25, 0.3) is 0 Å². The van der Waals surface area contributed by atoms with Crippen molar-refractivity contribution in [1.82, 2.24) is 14.7 Å². The van der Waals surface area contributed by atoms with E-state index < -0.39 is 0 Å². The maximum Gasteiger partial charge on any atom is 0.226 e. The van der Waals surface area contributed by atoms with E-state index in [0.29, 0.717) is 13.0 Å². The number of rotatable bonds is 3. The van der Waals surface area contributed by atoms with E-state index in [1.54, 1.807) is 4.90 Å². The van der Waals surface area contributed by atoms with Crippen molar-refractivity contribution in [1.29, 1.82) is 0 Å². The van der Waals surface area contributed by atoms with Crippen LogP contribution in [-0.4, -0.2) is 66.3 Å². The van der Waals surface area contributed by atoms with Crippen molar-refractivity contribution in [2.45, 2.75) is 32.7 Å². The van der Waals surface area contributed by atoms with E-state index in [1.807, 2.05) is 11.9 Å². The predicted octanol–water partition coefficient (Wildman–Crippen LogP) is 1.90. The number of amides is 2. The quantitative estimate of drug-likeness (QED) is 0.842. The Bertz CT molecular complexity index is 614. The van der Waals surface area contributed by atoms with Gasteiger partial charge in [-0.15, -0.1) is 0 Å². The molecule has 0 radical (unpaired) electrons. The van der Waals surface area contributed by atoms with Crippen LogP contribution in [0, 0.1) is 12.8 Å². The van der Waals surface area contributed by atoms with Crippen molar-refractivity contribution >= 4 is 11.8 Å². The standard InChI is InChI=1S/C20H29N3O2/c1-16-4-6-17(7-5-16)15-22-9-3-10-23(13-12-22)20(25)18-8-11-21(2)19(24)14-18/h4-7,18H,3,8-15H2,1-2H3/t18-/m1/s1. The number of likely N-dealkylation sites (tertiary alicyclic amines) is 1. The van der Waals surface area contributed by atoms with E-state index >= 15 is 0 Å². The first kappa shape index (κ1) is 17.9. The van der Waals surface area contributed by atoms with Gasteiger partial charge in [0.1, 0.15) is 0 Å². The van der Waals surface area contributed by atoms with Gasteiger partial charge in [-0.1, -0.05) is 29.8 Å². The van der Waals surface area contributed by atoms with Gasteiger partial charge >= 0.3 is 0 Å². The molecule has 2 aliphatic heterocycles. The Morgan fingerprint density at radius 3 is 2.56 bits per heavy atom. The van der Waals surface area contributed by atoms with Crippen molar-refractivity contribution in [3.05, 3.63) is 35.4 Å². The second-order valence-electron chi connectivity index (χ2n) is 7.45. The smallest absolute Gasteiger partial charge is 0.226 e. The van der Waals surface area contributed by atoms with E-state index in [1.165, 1.54) is 11.1 Å². The minimum atomic E-state index is -0.118. The molecule has 0 spiro atoms. The minimum Gasteiger partial charge on any atom is -0.346 e. The highest BCUT2D eigenvalue weighted by Gasteiger charge is 2.32. The van der Waals surface area contributed by atoms with Crippen molar-refractivity contribution in [2.24, 2.45) is 5.92 Å². The van der Waals surface area contributed by atoms with Gasteiger partial charge in [0.25, 0.3) is 0 Å².